The molecule has 4 unspecified atom stereocenters. The van der Waals surface area contributed by atoms with E-state index in [1.807, 2.05) is 0 Å². The number of nitrogens with zero attached hydrogens (tertiary/aromatic N) is 8. The summed E-state index contributed by atoms with van der Waals surface area (Å²) in [4.78, 5) is 195. The van der Waals surface area contributed by atoms with Crippen LogP contribution in [0.4, 0.5) is 11.6 Å². The Morgan fingerprint density at radius 1 is 0.528 bits per heavy atom. The number of phosphoric acid groups is 6. The molecule has 2 fully saturated rings. The summed E-state index contributed by atoms with van der Waals surface area (Å²) < 4.78 is 124. The number of aromatic nitrogens is 8. The zero-order valence-corrected chi connectivity index (χ0v) is 64.4. The summed E-state index contributed by atoms with van der Waals surface area (Å²) in [6.07, 6.45) is -14.5. The number of hydrogen-bond acceptors (Lipinski definition) is 38. The quantitative estimate of drug-likeness (QED) is 0.0122. The van der Waals surface area contributed by atoms with Crippen molar-refractivity contribution in [3.05, 3.63) is 25.3 Å². The highest BCUT2D eigenvalue weighted by molar-refractivity contribution is 8.14. The van der Waals surface area contributed by atoms with Crippen molar-refractivity contribution in [2.24, 2.45) is 10.8 Å². The largest absolute Gasteiger partial charge is 0.481 e. The van der Waals surface area contributed by atoms with E-state index >= 15 is 0 Å². The van der Waals surface area contributed by atoms with E-state index in [-0.39, 0.29) is 119 Å². The molecule has 108 heavy (non-hydrogen) atoms. The summed E-state index contributed by atoms with van der Waals surface area (Å²) in [6, 6.07) is 0. The number of aliphatic hydroxyl groups excluding tert-OH is 4. The smallest absolute Gasteiger partial charge is 0.386 e. The zero-order chi connectivity index (χ0) is 81.3. The molecule has 0 saturated carbocycles. The number of phosphoric ester groups is 6. The van der Waals surface area contributed by atoms with Crippen LogP contribution in [0.1, 0.15) is 79.7 Å². The number of carbonyl (C=O) groups excluding carboxylic acids is 8. The number of anilines is 2. The Bertz CT molecular complexity index is 3910. The SMILES string of the molecule is CC(=O)CC(=O)SCCNC(=O)CCNC(=O)[C@H](O)C(C)(C)COP(=O)(O)OP(=O)(O)OC[C@H]1O[C@@H](n2cnc3c(N)ncnc32)[C@H](O)[C@@H]1OP(=O)(O)O.CC(=O)CC(=O)SCCNC(=O)CCNC(=O)[C@H](O)C(C)(C)COP(=O)(O)OP(=O)(O)OC[C@H]1O[C@@H](n2cnc3c(N)ncnc32)[C@H](O)[C@@H]1OP(=O)(O)O. The van der Waals surface area contributed by atoms with Crippen molar-refractivity contribution in [2.75, 3.05) is 75.6 Å². The molecule has 58 heteroatoms. The first-order valence-electron chi connectivity index (χ1n) is 30.9. The van der Waals surface area contributed by atoms with Gasteiger partial charge in [-0.15, -0.1) is 0 Å². The van der Waals surface area contributed by atoms with Crippen LogP contribution in [0.2, 0.25) is 0 Å². The van der Waals surface area contributed by atoms with Gasteiger partial charge in [0.1, 0.15) is 84.1 Å². The maximum Gasteiger partial charge on any atom is 0.481 e. The molecular weight excluding hydrogens is 1620 g/mol. The summed E-state index contributed by atoms with van der Waals surface area (Å²) in [5.74, 6) is -3.21. The number of ketones is 2. The summed E-state index contributed by atoms with van der Waals surface area (Å²) >= 11 is 1.76. The van der Waals surface area contributed by atoms with Gasteiger partial charge in [-0.1, -0.05) is 51.2 Å². The van der Waals surface area contributed by atoms with Gasteiger partial charge >= 0.3 is 46.9 Å². The van der Waals surface area contributed by atoms with Crippen LogP contribution in [-0.4, -0.2) is 257 Å². The Labute approximate surface area is 618 Å². The number of hydrogen-bond donors (Lipinski definition) is 18. The van der Waals surface area contributed by atoms with Gasteiger partial charge in [0.2, 0.25) is 23.6 Å². The van der Waals surface area contributed by atoms with Crippen molar-refractivity contribution in [1.29, 1.82) is 0 Å². The summed E-state index contributed by atoms with van der Waals surface area (Å²) in [6.45, 7) is 3.16. The van der Waals surface area contributed by atoms with Crippen molar-refractivity contribution >= 4 is 150 Å². The lowest BCUT2D eigenvalue weighted by molar-refractivity contribution is -0.137. The first-order chi connectivity index (χ1) is 49.8. The van der Waals surface area contributed by atoms with Gasteiger partial charge in [-0.05, 0) is 13.8 Å². The lowest BCUT2D eigenvalue weighted by atomic mass is 9.87. The third kappa shape index (κ3) is 29.9. The molecule has 0 spiro atoms. The molecule has 4 aromatic rings. The molecule has 0 aliphatic carbocycles. The molecule has 0 radical (unpaired) electrons. The predicted molar refractivity (Wildman–Crippen MR) is 365 cm³/mol. The van der Waals surface area contributed by atoms with Gasteiger partial charge in [0.05, 0.1) is 51.9 Å². The van der Waals surface area contributed by atoms with E-state index < -0.39 is 169 Å². The predicted octanol–water partition coefficient (Wildman–Crippen LogP) is -2.71. The lowest BCUT2D eigenvalue weighted by Crippen LogP contribution is -2.46. The number of fused-ring (bicyclic) bond motifs is 2. The molecule has 14 atom stereocenters. The average Bonchev–Trinajstić information content (AvgIpc) is 1.62. The Morgan fingerprint density at radius 2 is 0.861 bits per heavy atom. The fourth-order valence-electron chi connectivity index (χ4n) is 9.10. The number of thioether (sulfide) groups is 2. The minimum Gasteiger partial charge on any atom is -0.386 e. The van der Waals surface area contributed by atoms with Gasteiger partial charge in [-0.3, -0.25) is 74.6 Å². The minimum atomic E-state index is -5.58. The molecule has 2 aliphatic rings. The van der Waals surface area contributed by atoms with Gasteiger partial charge < -0.3 is 102 Å². The molecule has 0 bridgehead atoms. The molecule has 2 saturated heterocycles. The number of nitrogen functional groups attached to an aromatic ring is 2. The number of nitrogens with two attached hydrogens (primary N) is 2. The highest BCUT2D eigenvalue weighted by atomic mass is 32.2. The highest BCUT2D eigenvalue weighted by Crippen LogP contribution is 2.63. The number of carbonyl (C=O) groups is 8. The van der Waals surface area contributed by atoms with E-state index in [1.165, 1.54) is 41.5 Å². The van der Waals surface area contributed by atoms with E-state index in [4.69, 9.17) is 39.0 Å². The topological polar surface area (TPSA) is 761 Å². The summed E-state index contributed by atoms with van der Waals surface area (Å²) in [7, 11) is -32.8. The molecular formula is C50H80N14O36P6S2. The third-order valence-electron chi connectivity index (χ3n) is 14.3. The van der Waals surface area contributed by atoms with Crippen LogP contribution in [0.15, 0.2) is 25.3 Å². The van der Waals surface area contributed by atoms with Gasteiger partial charge in [0, 0.05) is 61.4 Å². The number of rotatable bonds is 42. The minimum absolute atomic E-state index is 0.0240. The van der Waals surface area contributed by atoms with Crippen LogP contribution < -0.4 is 32.7 Å². The Kier molecular flexibility index (Phi) is 34.3. The van der Waals surface area contributed by atoms with Gasteiger partial charge in [0.15, 0.2) is 45.6 Å². The number of aliphatic hydroxyl groups is 4. The van der Waals surface area contributed by atoms with Crippen LogP contribution >= 0.6 is 70.5 Å². The molecule has 4 aromatic heterocycles. The normalized spacial score (nSPS) is 21.9. The lowest BCUT2D eigenvalue weighted by Gasteiger charge is -2.30. The van der Waals surface area contributed by atoms with E-state index in [1.54, 1.807) is 0 Å². The summed E-state index contributed by atoms with van der Waals surface area (Å²) in [5, 5.41) is 51.7. The Hall–Kier alpha value is -5.54. The van der Waals surface area contributed by atoms with Crippen LogP contribution in [0.25, 0.3) is 22.3 Å². The summed E-state index contributed by atoms with van der Waals surface area (Å²) in [5.41, 5.74) is 8.44. The Morgan fingerprint density at radius 3 is 1.19 bits per heavy atom. The van der Waals surface area contributed by atoms with Crippen molar-refractivity contribution in [3.8, 4) is 0 Å². The third-order valence-corrected chi connectivity index (χ3v) is 22.3. The fraction of sp³-hybridized carbons (Fsp3) is 0.640. The fourth-order valence-corrected chi connectivity index (χ4v) is 16.2. The molecule has 2 aliphatic heterocycles. The standard InChI is InChI=1S/2C25H40N7O18P3S/c2*1-13(33)8-16(35)54-7-6-27-15(34)4-5-28-23(38)20(37)25(2,3)10-47-53(44,45)50-52(42,43)46-9-14-19(49-51(39,40)41)18(36)24(48-14)32-12-31-17-21(26)29-11-30-22(17)32/h2*11-12,14,18-20,24,36-37H,4-10H2,1-3H3,(H,27,34)(H,28,38)(H,42,43)(H,44,45)(H2,26,29,30)(H2,39,40,41)/t2*14-,18-,19-,20+,24-/m11/s1. The van der Waals surface area contributed by atoms with Crippen molar-refractivity contribution in [2.45, 2.75) is 129 Å². The number of nitrogens with one attached hydrogen (secondary N) is 4. The molecule has 608 valence electrons. The number of amides is 4. The van der Waals surface area contributed by atoms with Crippen molar-refractivity contribution in [3.63, 3.8) is 0 Å². The molecule has 6 heterocycles. The second-order valence-corrected chi connectivity index (χ2v) is 35.1. The molecule has 0 aromatic carbocycles. The second kappa shape index (κ2) is 39.8. The van der Waals surface area contributed by atoms with Crippen LogP contribution in [0.3, 0.4) is 0 Å². The van der Waals surface area contributed by atoms with Gasteiger partial charge in [0.25, 0.3) is 0 Å². The number of ether oxygens (including phenoxy) is 2. The van der Waals surface area contributed by atoms with Crippen LogP contribution in [-0.2, 0) is 111 Å². The van der Waals surface area contributed by atoms with Gasteiger partial charge in [-0.25, -0.2) is 57.3 Å². The number of Topliss-reactive ketones (excluding diaryl/α,β-unsaturated/α-hetero) is 2. The van der Waals surface area contributed by atoms with Gasteiger partial charge in [-0.2, -0.15) is 8.62 Å². The average molecular weight is 1700 g/mol. The number of imidazole rings is 2. The maximum atomic E-state index is 12.6. The first kappa shape index (κ1) is 93.1. The monoisotopic (exact) mass is 1700 g/mol. The zero-order valence-electron chi connectivity index (χ0n) is 57.4. The molecule has 6 rings (SSSR count). The van der Waals surface area contributed by atoms with E-state index in [9.17, 15) is 125 Å². The second-order valence-electron chi connectivity index (χ2n) is 24.3. The molecule has 50 nitrogen and oxygen atoms in total. The van der Waals surface area contributed by atoms with Crippen molar-refractivity contribution in [1.82, 2.24) is 60.3 Å². The van der Waals surface area contributed by atoms with E-state index in [0.717, 1.165) is 58.0 Å². The van der Waals surface area contributed by atoms with Crippen LogP contribution in [0.5, 0.6) is 0 Å². The first-order valence-corrected chi connectivity index (χ1v) is 41.9. The Balaban J connectivity index is 0.000000387. The molecule has 4 amide bonds. The molecule has 20 N–H and O–H groups in total. The van der Waals surface area contributed by atoms with E-state index in [0.29, 0.717) is 0 Å². The maximum absolute atomic E-state index is 12.6. The highest BCUT2D eigenvalue weighted by Gasteiger charge is 2.53. The van der Waals surface area contributed by atoms with E-state index in [2.05, 4.69) is 68.8 Å². The van der Waals surface area contributed by atoms with Crippen LogP contribution in [0, 0.1) is 10.8 Å². The van der Waals surface area contributed by atoms with Crippen molar-refractivity contribution < 1.29 is 171 Å².